The maximum atomic E-state index is 12.4. The third-order valence-corrected chi connectivity index (χ3v) is 5.28. The molecular weight excluding hydrogens is 272 g/mol. The number of hydrogen-bond acceptors (Lipinski definition) is 3. The Morgan fingerprint density at radius 1 is 1.30 bits per heavy atom. The predicted octanol–water partition coefficient (Wildman–Crippen LogP) is 1.92. The van der Waals surface area contributed by atoms with Gasteiger partial charge in [-0.2, -0.15) is 0 Å². The number of benzene rings is 1. The van der Waals surface area contributed by atoms with Crippen molar-refractivity contribution < 1.29 is 8.42 Å². The molecule has 5 heteroatoms. The minimum Gasteiger partial charge on any atom is -0.315 e. The maximum Gasteiger partial charge on any atom is 0.241 e. The van der Waals surface area contributed by atoms with Crippen LogP contribution in [0.4, 0.5) is 0 Å². The van der Waals surface area contributed by atoms with Gasteiger partial charge in [0.1, 0.15) is 0 Å². The van der Waals surface area contributed by atoms with Gasteiger partial charge in [0.15, 0.2) is 0 Å². The number of hydrogen-bond donors (Lipinski definition) is 2. The summed E-state index contributed by atoms with van der Waals surface area (Å²) in [5, 5.41) is 3.19. The lowest BCUT2D eigenvalue weighted by Gasteiger charge is -2.24. The van der Waals surface area contributed by atoms with Crippen LogP contribution in [0, 0.1) is 5.92 Å². The summed E-state index contributed by atoms with van der Waals surface area (Å²) in [6, 6.07) is 7.21. The highest BCUT2D eigenvalue weighted by molar-refractivity contribution is 7.89. The molecule has 1 saturated heterocycles. The lowest BCUT2D eigenvalue weighted by molar-refractivity contribution is 0.452. The van der Waals surface area contributed by atoms with Gasteiger partial charge >= 0.3 is 0 Å². The highest BCUT2D eigenvalue weighted by Crippen LogP contribution is 2.19. The van der Waals surface area contributed by atoms with Gasteiger partial charge in [-0.3, -0.25) is 0 Å². The summed E-state index contributed by atoms with van der Waals surface area (Å²) in [4.78, 5) is 0.345. The molecule has 1 heterocycles. The molecule has 1 aliphatic rings. The van der Waals surface area contributed by atoms with Crippen LogP contribution in [0.3, 0.4) is 0 Å². The maximum absolute atomic E-state index is 12.4. The van der Waals surface area contributed by atoms with Crippen LogP contribution in [-0.4, -0.2) is 27.0 Å². The molecule has 0 aliphatic carbocycles. The molecule has 1 aromatic carbocycles. The Morgan fingerprint density at radius 2 is 1.95 bits per heavy atom. The Kier molecular flexibility index (Phi) is 4.52. The monoisotopic (exact) mass is 296 g/mol. The lowest BCUT2D eigenvalue weighted by atomic mass is 10.0. The van der Waals surface area contributed by atoms with Crippen molar-refractivity contribution >= 4 is 10.0 Å². The molecule has 1 aliphatic heterocycles. The molecular formula is C15H24N2O2S. The van der Waals surface area contributed by atoms with E-state index in [0.717, 1.165) is 19.4 Å². The van der Waals surface area contributed by atoms with Crippen LogP contribution in [0.5, 0.6) is 0 Å². The second kappa shape index (κ2) is 5.84. The first kappa shape index (κ1) is 15.5. The van der Waals surface area contributed by atoms with E-state index >= 15 is 0 Å². The zero-order chi connectivity index (χ0) is 14.8. The van der Waals surface area contributed by atoms with Crippen molar-refractivity contribution in [2.24, 2.45) is 5.92 Å². The zero-order valence-electron chi connectivity index (χ0n) is 12.4. The van der Waals surface area contributed by atoms with Crippen molar-refractivity contribution in [3.8, 4) is 0 Å². The Hall–Kier alpha value is -0.910. The summed E-state index contributed by atoms with van der Waals surface area (Å²) < 4.78 is 27.6. The van der Waals surface area contributed by atoms with Crippen molar-refractivity contribution in [3.05, 3.63) is 29.8 Å². The van der Waals surface area contributed by atoms with Crippen LogP contribution in [0.2, 0.25) is 0 Å². The lowest BCUT2D eigenvalue weighted by Crippen LogP contribution is -2.47. The average Bonchev–Trinajstić information content (AvgIpc) is 2.74. The topological polar surface area (TPSA) is 58.2 Å². The Labute approximate surface area is 122 Å². The van der Waals surface area contributed by atoms with Crippen LogP contribution in [0.15, 0.2) is 29.2 Å². The molecule has 0 aromatic heterocycles. The highest BCUT2D eigenvalue weighted by atomic mass is 32.2. The van der Waals surface area contributed by atoms with Gasteiger partial charge in [-0.05, 0) is 49.9 Å². The Balaban J connectivity index is 2.13. The number of nitrogens with one attached hydrogen (secondary N) is 2. The van der Waals surface area contributed by atoms with Crippen molar-refractivity contribution in [1.29, 1.82) is 0 Å². The first-order valence-electron chi connectivity index (χ1n) is 7.14. The van der Waals surface area contributed by atoms with Gasteiger partial charge in [-0.15, -0.1) is 0 Å². The standard InChI is InChI=1S/C15H24N2O2S/c1-12(2)10-13-4-6-14(7-5-13)20(18,19)17-15(3)8-9-16-11-15/h4-7,12,16-17H,8-11H2,1-3H3. The average molecular weight is 296 g/mol. The molecule has 0 bridgehead atoms. The molecule has 2 N–H and O–H groups in total. The molecule has 4 nitrogen and oxygen atoms in total. The summed E-state index contributed by atoms with van der Waals surface area (Å²) in [7, 11) is -3.44. The molecule has 2 rings (SSSR count). The van der Waals surface area contributed by atoms with E-state index < -0.39 is 10.0 Å². The first-order chi connectivity index (χ1) is 9.31. The van der Waals surface area contributed by atoms with E-state index in [4.69, 9.17) is 0 Å². The van der Waals surface area contributed by atoms with Gasteiger partial charge in [0.25, 0.3) is 0 Å². The summed E-state index contributed by atoms with van der Waals surface area (Å²) in [6.45, 7) is 7.78. The number of sulfonamides is 1. The van der Waals surface area contributed by atoms with Crippen LogP contribution in [0.1, 0.15) is 32.8 Å². The fourth-order valence-corrected chi connectivity index (χ4v) is 4.00. The van der Waals surface area contributed by atoms with Gasteiger partial charge < -0.3 is 5.32 Å². The van der Waals surface area contributed by atoms with Gasteiger partial charge in [-0.25, -0.2) is 13.1 Å². The second-order valence-corrected chi connectivity index (χ2v) is 8.02. The van der Waals surface area contributed by atoms with E-state index in [1.54, 1.807) is 12.1 Å². The first-order valence-corrected chi connectivity index (χ1v) is 8.63. The molecule has 0 saturated carbocycles. The summed E-state index contributed by atoms with van der Waals surface area (Å²) in [6.07, 6.45) is 1.78. The smallest absolute Gasteiger partial charge is 0.241 e. The van der Waals surface area contributed by atoms with Gasteiger partial charge in [0.2, 0.25) is 10.0 Å². The van der Waals surface area contributed by atoms with E-state index in [1.165, 1.54) is 5.56 Å². The highest BCUT2D eigenvalue weighted by Gasteiger charge is 2.33. The van der Waals surface area contributed by atoms with Gasteiger partial charge in [-0.1, -0.05) is 26.0 Å². The molecule has 0 radical (unpaired) electrons. The van der Waals surface area contributed by atoms with Crippen molar-refractivity contribution in [2.75, 3.05) is 13.1 Å². The number of rotatable bonds is 5. The van der Waals surface area contributed by atoms with E-state index in [1.807, 2.05) is 19.1 Å². The second-order valence-electron chi connectivity index (χ2n) is 6.33. The molecule has 0 amide bonds. The van der Waals surface area contributed by atoms with Crippen molar-refractivity contribution in [3.63, 3.8) is 0 Å². The SMILES string of the molecule is CC(C)Cc1ccc(S(=O)(=O)NC2(C)CCNC2)cc1. The summed E-state index contributed by atoms with van der Waals surface area (Å²) in [5.74, 6) is 0.569. The molecule has 0 spiro atoms. The molecule has 112 valence electrons. The van der Waals surface area contributed by atoms with Crippen LogP contribution in [0.25, 0.3) is 0 Å². The molecule has 1 aromatic rings. The van der Waals surface area contributed by atoms with Crippen LogP contribution >= 0.6 is 0 Å². The fraction of sp³-hybridized carbons (Fsp3) is 0.600. The van der Waals surface area contributed by atoms with Crippen molar-refractivity contribution in [1.82, 2.24) is 10.0 Å². The van der Waals surface area contributed by atoms with E-state index in [-0.39, 0.29) is 5.54 Å². The van der Waals surface area contributed by atoms with Crippen LogP contribution in [-0.2, 0) is 16.4 Å². The Morgan fingerprint density at radius 3 is 2.45 bits per heavy atom. The largest absolute Gasteiger partial charge is 0.315 e. The molecule has 20 heavy (non-hydrogen) atoms. The molecule has 1 atom stereocenters. The van der Waals surface area contributed by atoms with E-state index in [9.17, 15) is 8.42 Å². The Bertz CT molecular complexity index is 544. The van der Waals surface area contributed by atoms with Gasteiger partial charge in [0.05, 0.1) is 4.90 Å². The quantitative estimate of drug-likeness (QED) is 0.873. The summed E-state index contributed by atoms with van der Waals surface area (Å²) >= 11 is 0. The predicted molar refractivity (Wildman–Crippen MR) is 81.2 cm³/mol. The minimum absolute atomic E-state index is 0.345. The summed E-state index contributed by atoms with van der Waals surface area (Å²) in [5.41, 5.74) is 0.794. The molecule has 1 fully saturated rings. The third kappa shape index (κ3) is 3.81. The van der Waals surface area contributed by atoms with E-state index in [2.05, 4.69) is 23.9 Å². The normalized spacial score (nSPS) is 23.4. The minimum atomic E-state index is -3.44. The zero-order valence-corrected chi connectivity index (χ0v) is 13.3. The van der Waals surface area contributed by atoms with Gasteiger partial charge in [0, 0.05) is 12.1 Å². The molecule has 1 unspecified atom stereocenters. The van der Waals surface area contributed by atoms with Crippen LogP contribution < -0.4 is 10.0 Å². The third-order valence-electron chi connectivity index (χ3n) is 3.63. The van der Waals surface area contributed by atoms with E-state index in [0.29, 0.717) is 17.4 Å². The fourth-order valence-electron chi connectivity index (χ4n) is 2.56. The van der Waals surface area contributed by atoms with Crippen molar-refractivity contribution in [2.45, 2.75) is 44.0 Å².